The van der Waals surface area contributed by atoms with Crippen molar-refractivity contribution in [3.63, 3.8) is 0 Å². The lowest BCUT2D eigenvalue weighted by molar-refractivity contribution is -0.0409. The largest absolute Gasteiger partial charge is 0.374 e. The molecule has 1 rings (SSSR count). The number of rotatable bonds is 4. The third kappa shape index (κ3) is 3.58. The van der Waals surface area contributed by atoms with E-state index in [-0.39, 0.29) is 12.1 Å². The van der Waals surface area contributed by atoms with Gasteiger partial charge >= 0.3 is 0 Å². The topological polar surface area (TPSA) is 35.2 Å². The number of nitrogens with two attached hydrogens (primary N) is 1. The Morgan fingerprint density at radius 2 is 2.14 bits per heavy atom. The summed E-state index contributed by atoms with van der Waals surface area (Å²) in [4.78, 5) is 0. The summed E-state index contributed by atoms with van der Waals surface area (Å²) in [5.41, 5.74) is 5.94. The fourth-order valence-electron chi connectivity index (χ4n) is 2.24. The molecule has 0 amide bonds. The van der Waals surface area contributed by atoms with Gasteiger partial charge in [0.1, 0.15) is 0 Å². The van der Waals surface area contributed by atoms with Gasteiger partial charge in [0.05, 0.1) is 12.2 Å². The van der Waals surface area contributed by atoms with Gasteiger partial charge in [0, 0.05) is 6.04 Å². The summed E-state index contributed by atoms with van der Waals surface area (Å²) in [6.07, 6.45) is 6.82. The molecule has 0 bridgehead atoms. The van der Waals surface area contributed by atoms with Crippen LogP contribution in [0.1, 0.15) is 52.9 Å². The second-order valence-electron chi connectivity index (χ2n) is 4.81. The van der Waals surface area contributed by atoms with Crippen LogP contribution in [0.25, 0.3) is 0 Å². The minimum Gasteiger partial charge on any atom is -0.374 e. The van der Waals surface area contributed by atoms with Crippen LogP contribution in [-0.2, 0) is 4.74 Å². The van der Waals surface area contributed by atoms with Gasteiger partial charge in [-0.1, -0.05) is 26.7 Å². The summed E-state index contributed by atoms with van der Waals surface area (Å²) in [7, 11) is 0. The first kappa shape index (κ1) is 12.0. The Bertz CT molecular complexity index is 160. The normalized spacial score (nSPS) is 32.6. The maximum atomic E-state index is 5.99. The van der Waals surface area contributed by atoms with E-state index < -0.39 is 0 Å². The highest BCUT2D eigenvalue weighted by Gasteiger charge is 2.22. The minimum atomic E-state index is 0.201. The highest BCUT2D eigenvalue weighted by molar-refractivity contribution is 4.74. The monoisotopic (exact) mass is 199 g/mol. The van der Waals surface area contributed by atoms with Crippen LogP contribution in [0.5, 0.6) is 0 Å². The van der Waals surface area contributed by atoms with Crippen molar-refractivity contribution in [3.8, 4) is 0 Å². The Morgan fingerprint density at radius 3 is 2.71 bits per heavy atom. The van der Waals surface area contributed by atoms with Crippen molar-refractivity contribution in [2.45, 2.75) is 71.1 Å². The van der Waals surface area contributed by atoms with E-state index in [2.05, 4.69) is 20.8 Å². The fourth-order valence-corrected chi connectivity index (χ4v) is 2.24. The highest BCUT2D eigenvalue weighted by Crippen LogP contribution is 2.26. The number of hydrogen-bond donors (Lipinski definition) is 1. The molecule has 1 saturated carbocycles. The summed E-state index contributed by atoms with van der Waals surface area (Å²) >= 11 is 0. The van der Waals surface area contributed by atoms with Gasteiger partial charge < -0.3 is 10.5 Å². The van der Waals surface area contributed by atoms with Gasteiger partial charge in [0.15, 0.2) is 0 Å². The van der Waals surface area contributed by atoms with Crippen LogP contribution in [0, 0.1) is 5.92 Å². The molecule has 14 heavy (non-hydrogen) atoms. The van der Waals surface area contributed by atoms with E-state index in [4.69, 9.17) is 10.5 Å². The lowest BCUT2D eigenvalue weighted by Gasteiger charge is -2.31. The van der Waals surface area contributed by atoms with Gasteiger partial charge in [-0.3, -0.25) is 0 Å². The van der Waals surface area contributed by atoms with E-state index in [9.17, 15) is 0 Å². The van der Waals surface area contributed by atoms with Crippen LogP contribution in [0.4, 0.5) is 0 Å². The molecule has 0 spiro atoms. The van der Waals surface area contributed by atoms with Crippen LogP contribution in [0.15, 0.2) is 0 Å². The predicted molar refractivity (Wildman–Crippen MR) is 60.2 cm³/mol. The number of hydrogen-bond acceptors (Lipinski definition) is 2. The average molecular weight is 199 g/mol. The van der Waals surface area contributed by atoms with Gasteiger partial charge in [-0.2, -0.15) is 0 Å². The average Bonchev–Trinajstić information content (AvgIpc) is 2.16. The maximum absolute atomic E-state index is 5.99. The summed E-state index contributed by atoms with van der Waals surface area (Å²) in [6.45, 7) is 6.54. The fraction of sp³-hybridized carbons (Fsp3) is 1.00. The van der Waals surface area contributed by atoms with E-state index >= 15 is 0 Å². The smallest absolute Gasteiger partial charge is 0.0701 e. The van der Waals surface area contributed by atoms with E-state index in [1.54, 1.807) is 0 Å². The van der Waals surface area contributed by atoms with E-state index in [0.29, 0.717) is 6.10 Å². The van der Waals surface area contributed by atoms with Crippen LogP contribution in [0.2, 0.25) is 0 Å². The van der Waals surface area contributed by atoms with E-state index in [0.717, 1.165) is 12.3 Å². The molecule has 0 saturated heterocycles. The Labute approximate surface area is 88.2 Å². The molecule has 0 aliphatic heterocycles. The molecule has 0 aromatic carbocycles. The quantitative estimate of drug-likeness (QED) is 0.755. The van der Waals surface area contributed by atoms with Gasteiger partial charge in [-0.15, -0.1) is 0 Å². The third-order valence-electron chi connectivity index (χ3n) is 3.37. The molecular formula is C12H25NO. The molecule has 2 N–H and O–H groups in total. The van der Waals surface area contributed by atoms with Crippen molar-refractivity contribution < 1.29 is 4.74 Å². The van der Waals surface area contributed by atoms with Crippen molar-refractivity contribution in [3.05, 3.63) is 0 Å². The molecule has 2 heteroatoms. The molecule has 4 unspecified atom stereocenters. The molecule has 0 heterocycles. The van der Waals surface area contributed by atoms with Crippen molar-refractivity contribution in [2.75, 3.05) is 0 Å². The highest BCUT2D eigenvalue weighted by atomic mass is 16.5. The first-order valence-corrected chi connectivity index (χ1v) is 6.04. The Hall–Kier alpha value is -0.0800. The standard InChI is InChI=1S/C12H25NO/c1-4-12(13)10(3)14-11-7-5-6-9(2)8-11/h9-12H,4-8,13H2,1-3H3. The Kier molecular flexibility index (Phi) is 4.90. The van der Waals surface area contributed by atoms with Crippen LogP contribution in [0.3, 0.4) is 0 Å². The zero-order valence-corrected chi connectivity index (χ0v) is 9.83. The number of ether oxygens (including phenoxy) is 1. The van der Waals surface area contributed by atoms with Crippen molar-refractivity contribution >= 4 is 0 Å². The molecule has 1 fully saturated rings. The lowest BCUT2D eigenvalue weighted by atomic mass is 9.88. The third-order valence-corrected chi connectivity index (χ3v) is 3.37. The van der Waals surface area contributed by atoms with E-state index in [1.807, 2.05) is 0 Å². The SMILES string of the molecule is CCC(N)C(C)OC1CCCC(C)C1. The molecule has 0 aromatic rings. The first-order valence-electron chi connectivity index (χ1n) is 6.04. The second kappa shape index (κ2) is 5.72. The van der Waals surface area contributed by atoms with Crippen LogP contribution >= 0.6 is 0 Å². The summed E-state index contributed by atoms with van der Waals surface area (Å²) in [5, 5.41) is 0. The lowest BCUT2D eigenvalue weighted by Crippen LogP contribution is -2.37. The maximum Gasteiger partial charge on any atom is 0.0701 e. The van der Waals surface area contributed by atoms with Crippen molar-refractivity contribution in [1.82, 2.24) is 0 Å². The van der Waals surface area contributed by atoms with Crippen molar-refractivity contribution in [1.29, 1.82) is 0 Å². The second-order valence-corrected chi connectivity index (χ2v) is 4.81. The molecule has 84 valence electrons. The minimum absolute atomic E-state index is 0.201. The summed E-state index contributed by atoms with van der Waals surface area (Å²) in [6, 6.07) is 0.201. The molecule has 4 atom stereocenters. The summed E-state index contributed by atoms with van der Waals surface area (Å²) in [5.74, 6) is 0.832. The van der Waals surface area contributed by atoms with Crippen molar-refractivity contribution in [2.24, 2.45) is 11.7 Å². The zero-order valence-electron chi connectivity index (χ0n) is 9.83. The van der Waals surface area contributed by atoms with Gasteiger partial charge in [-0.05, 0) is 32.1 Å². The van der Waals surface area contributed by atoms with E-state index in [1.165, 1.54) is 25.7 Å². The molecule has 2 nitrogen and oxygen atoms in total. The zero-order chi connectivity index (χ0) is 10.6. The first-order chi connectivity index (χ1) is 6.63. The molecular weight excluding hydrogens is 174 g/mol. The Balaban J connectivity index is 2.28. The Morgan fingerprint density at radius 1 is 1.43 bits per heavy atom. The molecule has 1 aliphatic rings. The molecule has 0 aromatic heterocycles. The van der Waals surface area contributed by atoms with Crippen LogP contribution in [-0.4, -0.2) is 18.2 Å². The predicted octanol–water partition coefficient (Wildman–Crippen LogP) is 2.71. The van der Waals surface area contributed by atoms with Gasteiger partial charge in [-0.25, -0.2) is 0 Å². The molecule has 0 radical (unpaired) electrons. The van der Waals surface area contributed by atoms with Crippen LogP contribution < -0.4 is 5.73 Å². The summed E-state index contributed by atoms with van der Waals surface area (Å²) < 4.78 is 5.99. The van der Waals surface area contributed by atoms with Gasteiger partial charge in [0.25, 0.3) is 0 Å². The van der Waals surface area contributed by atoms with Gasteiger partial charge in [0.2, 0.25) is 0 Å². The molecule has 1 aliphatic carbocycles.